The van der Waals surface area contributed by atoms with Gasteiger partial charge in [-0.1, -0.05) is 18.2 Å². The smallest absolute Gasteiger partial charge is 0.126 e. The molecule has 0 bridgehead atoms. The van der Waals surface area contributed by atoms with Crippen LogP contribution in [0.4, 0.5) is 8.78 Å². The zero-order chi connectivity index (χ0) is 13.1. The van der Waals surface area contributed by atoms with Gasteiger partial charge in [-0.05, 0) is 64.4 Å². The summed E-state index contributed by atoms with van der Waals surface area (Å²) in [7, 11) is 0. The molecule has 18 heavy (non-hydrogen) atoms. The molecule has 0 saturated heterocycles. The van der Waals surface area contributed by atoms with Crippen molar-refractivity contribution >= 4 is 22.6 Å². The lowest BCUT2D eigenvalue weighted by molar-refractivity contribution is 0.572. The standard InChI is InChI=1S/C14H12F2IN/c15-10-5-6-12(16)9(7-10)8-14(18)11-3-1-2-4-13(11)17/h1-7,14H,8,18H2. The van der Waals surface area contributed by atoms with Crippen molar-refractivity contribution < 1.29 is 8.78 Å². The monoisotopic (exact) mass is 359 g/mol. The average Bonchev–Trinajstić information content (AvgIpc) is 2.34. The number of rotatable bonds is 3. The fourth-order valence-corrected chi connectivity index (χ4v) is 2.61. The van der Waals surface area contributed by atoms with Crippen LogP contribution in [0.5, 0.6) is 0 Å². The summed E-state index contributed by atoms with van der Waals surface area (Å²) in [4.78, 5) is 0. The second-order valence-electron chi connectivity index (χ2n) is 4.07. The molecular formula is C14H12F2IN. The molecule has 2 aromatic carbocycles. The molecule has 0 aromatic heterocycles. The molecule has 1 atom stereocenters. The first-order valence-electron chi connectivity index (χ1n) is 5.52. The van der Waals surface area contributed by atoms with Crippen molar-refractivity contribution in [2.75, 3.05) is 0 Å². The minimum Gasteiger partial charge on any atom is -0.324 e. The van der Waals surface area contributed by atoms with Gasteiger partial charge in [0.25, 0.3) is 0 Å². The summed E-state index contributed by atoms with van der Waals surface area (Å²) < 4.78 is 27.6. The van der Waals surface area contributed by atoms with Gasteiger partial charge in [-0.15, -0.1) is 0 Å². The highest BCUT2D eigenvalue weighted by molar-refractivity contribution is 14.1. The lowest BCUT2D eigenvalue weighted by Crippen LogP contribution is -2.15. The van der Waals surface area contributed by atoms with Crippen LogP contribution in [0.25, 0.3) is 0 Å². The summed E-state index contributed by atoms with van der Waals surface area (Å²) in [5.41, 5.74) is 7.31. The molecule has 0 heterocycles. The van der Waals surface area contributed by atoms with E-state index in [2.05, 4.69) is 22.6 Å². The van der Waals surface area contributed by atoms with Crippen LogP contribution in [-0.4, -0.2) is 0 Å². The van der Waals surface area contributed by atoms with Crippen LogP contribution in [0.15, 0.2) is 42.5 Å². The van der Waals surface area contributed by atoms with E-state index in [4.69, 9.17) is 5.73 Å². The molecule has 2 N–H and O–H groups in total. The third kappa shape index (κ3) is 3.05. The summed E-state index contributed by atoms with van der Waals surface area (Å²) >= 11 is 2.19. The van der Waals surface area contributed by atoms with Crippen LogP contribution in [0, 0.1) is 15.2 Å². The summed E-state index contributed by atoms with van der Waals surface area (Å²) in [6.45, 7) is 0. The topological polar surface area (TPSA) is 26.0 Å². The molecule has 0 amide bonds. The minimum absolute atomic E-state index is 0.281. The van der Waals surface area contributed by atoms with Gasteiger partial charge < -0.3 is 5.73 Å². The zero-order valence-electron chi connectivity index (χ0n) is 9.54. The number of halogens is 3. The van der Waals surface area contributed by atoms with E-state index in [9.17, 15) is 8.78 Å². The predicted molar refractivity (Wildman–Crippen MR) is 76.1 cm³/mol. The van der Waals surface area contributed by atoms with Crippen LogP contribution >= 0.6 is 22.6 Å². The van der Waals surface area contributed by atoms with Crippen molar-refractivity contribution in [3.63, 3.8) is 0 Å². The van der Waals surface area contributed by atoms with Gasteiger partial charge in [-0.3, -0.25) is 0 Å². The predicted octanol–water partition coefficient (Wildman–Crippen LogP) is 3.81. The minimum atomic E-state index is -0.443. The average molecular weight is 359 g/mol. The van der Waals surface area contributed by atoms with Crippen LogP contribution in [0.3, 0.4) is 0 Å². The van der Waals surface area contributed by atoms with E-state index in [-0.39, 0.29) is 12.5 Å². The first-order valence-corrected chi connectivity index (χ1v) is 6.59. The van der Waals surface area contributed by atoms with Gasteiger partial charge in [0.2, 0.25) is 0 Å². The zero-order valence-corrected chi connectivity index (χ0v) is 11.7. The molecule has 0 aliphatic carbocycles. The van der Waals surface area contributed by atoms with E-state index in [0.717, 1.165) is 21.3 Å². The van der Waals surface area contributed by atoms with Crippen LogP contribution in [0.2, 0.25) is 0 Å². The summed E-state index contributed by atoms with van der Waals surface area (Å²) in [6.07, 6.45) is 0.281. The van der Waals surface area contributed by atoms with Crippen molar-refractivity contribution in [2.24, 2.45) is 5.73 Å². The molecule has 4 heteroatoms. The molecule has 1 unspecified atom stereocenters. The third-order valence-electron chi connectivity index (χ3n) is 2.75. The Morgan fingerprint density at radius 3 is 2.56 bits per heavy atom. The Balaban J connectivity index is 2.24. The highest BCUT2D eigenvalue weighted by Crippen LogP contribution is 2.22. The van der Waals surface area contributed by atoms with Gasteiger partial charge in [0, 0.05) is 9.61 Å². The van der Waals surface area contributed by atoms with E-state index in [1.807, 2.05) is 24.3 Å². The van der Waals surface area contributed by atoms with Crippen molar-refractivity contribution in [1.82, 2.24) is 0 Å². The van der Waals surface area contributed by atoms with Crippen molar-refractivity contribution in [3.8, 4) is 0 Å². The Kier molecular flexibility index (Phi) is 4.29. The van der Waals surface area contributed by atoms with Gasteiger partial charge >= 0.3 is 0 Å². The van der Waals surface area contributed by atoms with E-state index < -0.39 is 11.6 Å². The summed E-state index contributed by atoms with van der Waals surface area (Å²) in [6, 6.07) is 10.8. The lowest BCUT2D eigenvalue weighted by atomic mass is 9.99. The Hall–Kier alpha value is -1.01. The molecule has 2 rings (SSSR count). The van der Waals surface area contributed by atoms with Crippen LogP contribution < -0.4 is 5.73 Å². The van der Waals surface area contributed by atoms with Crippen LogP contribution in [-0.2, 0) is 6.42 Å². The molecule has 0 saturated carbocycles. The Morgan fingerprint density at radius 1 is 1.11 bits per heavy atom. The second-order valence-corrected chi connectivity index (χ2v) is 5.23. The molecule has 1 nitrogen and oxygen atoms in total. The summed E-state index contributed by atoms with van der Waals surface area (Å²) in [5, 5.41) is 0. The Morgan fingerprint density at radius 2 is 1.83 bits per heavy atom. The van der Waals surface area contributed by atoms with Gasteiger partial charge in [0.15, 0.2) is 0 Å². The molecule has 0 fully saturated rings. The number of hydrogen-bond donors (Lipinski definition) is 1. The van der Waals surface area contributed by atoms with Gasteiger partial charge in [0.05, 0.1) is 0 Å². The van der Waals surface area contributed by atoms with E-state index in [0.29, 0.717) is 5.56 Å². The molecular weight excluding hydrogens is 347 g/mol. The molecule has 2 aromatic rings. The largest absolute Gasteiger partial charge is 0.324 e. The van der Waals surface area contributed by atoms with Gasteiger partial charge in [-0.25, -0.2) is 8.78 Å². The summed E-state index contributed by atoms with van der Waals surface area (Å²) in [5.74, 6) is -0.862. The highest BCUT2D eigenvalue weighted by Gasteiger charge is 2.13. The molecule has 0 radical (unpaired) electrons. The first-order chi connectivity index (χ1) is 8.58. The highest BCUT2D eigenvalue weighted by atomic mass is 127. The molecule has 0 spiro atoms. The maximum Gasteiger partial charge on any atom is 0.126 e. The fourth-order valence-electron chi connectivity index (χ4n) is 1.82. The third-order valence-corrected chi connectivity index (χ3v) is 3.73. The maximum atomic E-state index is 13.5. The van der Waals surface area contributed by atoms with Crippen molar-refractivity contribution in [2.45, 2.75) is 12.5 Å². The van der Waals surface area contributed by atoms with Crippen molar-refractivity contribution in [1.29, 1.82) is 0 Å². The van der Waals surface area contributed by atoms with Gasteiger partial charge in [0.1, 0.15) is 11.6 Å². The van der Waals surface area contributed by atoms with Crippen molar-refractivity contribution in [3.05, 3.63) is 68.8 Å². The molecule has 0 aliphatic heterocycles. The normalized spacial score (nSPS) is 12.4. The maximum absolute atomic E-state index is 13.5. The van der Waals surface area contributed by atoms with Crippen LogP contribution in [0.1, 0.15) is 17.2 Å². The number of nitrogens with two attached hydrogens (primary N) is 1. The van der Waals surface area contributed by atoms with E-state index in [1.165, 1.54) is 6.07 Å². The fraction of sp³-hybridized carbons (Fsp3) is 0.143. The SMILES string of the molecule is NC(Cc1cc(F)ccc1F)c1ccccc1I. The molecule has 94 valence electrons. The first kappa shape index (κ1) is 13.4. The number of hydrogen-bond acceptors (Lipinski definition) is 1. The molecule has 0 aliphatic rings. The van der Waals surface area contributed by atoms with E-state index in [1.54, 1.807) is 0 Å². The lowest BCUT2D eigenvalue weighted by Gasteiger charge is -2.14. The Bertz CT molecular complexity index is 557. The quantitative estimate of drug-likeness (QED) is 0.829. The Labute approximate surface area is 118 Å². The second kappa shape index (κ2) is 5.75. The van der Waals surface area contributed by atoms with E-state index >= 15 is 0 Å². The van der Waals surface area contributed by atoms with Gasteiger partial charge in [-0.2, -0.15) is 0 Å². The number of benzene rings is 2.